The Morgan fingerprint density at radius 3 is 2.82 bits per heavy atom. The second kappa shape index (κ2) is 9.22. The molecule has 0 bridgehead atoms. The van der Waals surface area contributed by atoms with Crippen LogP contribution in [0.3, 0.4) is 0 Å². The van der Waals surface area contributed by atoms with Gasteiger partial charge in [-0.1, -0.05) is 13.0 Å². The summed E-state index contributed by atoms with van der Waals surface area (Å²) in [4.78, 5) is 8.60. The number of halogens is 1. The van der Waals surface area contributed by atoms with E-state index in [1.165, 1.54) is 0 Å². The van der Waals surface area contributed by atoms with Crippen molar-refractivity contribution in [3.63, 3.8) is 0 Å². The summed E-state index contributed by atoms with van der Waals surface area (Å²) in [5, 5.41) is -0.0502. The van der Waals surface area contributed by atoms with Gasteiger partial charge < -0.3 is 0 Å². The molecule has 0 aromatic carbocycles. The predicted octanol–water partition coefficient (Wildman–Crippen LogP) is 2.69. The summed E-state index contributed by atoms with van der Waals surface area (Å²) in [7, 11) is -3.12. The molecule has 0 fully saturated rings. The van der Waals surface area contributed by atoms with Crippen molar-refractivity contribution >= 4 is 34.1 Å². The number of allylic oxidation sites excluding steroid dienone is 3. The molecule has 1 rings (SSSR count). The fraction of sp³-hybridized carbons (Fsp3) is 0.600. The molecule has 1 N–H and O–H groups in total. The van der Waals surface area contributed by atoms with Crippen LogP contribution in [0.25, 0.3) is 0 Å². The summed E-state index contributed by atoms with van der Waals surface area (Å²) in [6.45, 7) is 8.21. The van der Waals surface area contributed by atoms with Crippen molar-refractivity contribution < 1.29 is 8.42 Å². The Kier molecular flexibility index (Phi) is 8.00. The Morgan fingerprint density at radius 2 is 2.23 bits per heavy atom. The van der Waals surface area contributed by atoms with Crippen LogP contribution < -0.4 is 4.72 Å². The molecule has 1 aliphatic rings. The van der Waals surface area contributed by atoms with Gasteiger partial charge in [-0.15, -0.1) is 11.6 Å². The monoisotopic (exact) mass is 345 g/mol. The number of hydrogen-bond donors (Lipinski definition) is 1. The van der Waals surface area contributed by atoms with Crippen molar-refractivity contribution in [2.45, 2.75) is 38.5 Å². The average molecular weight is 346 g/mol. The lowest BCUT2D eigenvalue weighted by Gasteiger charge is -2.16. The average Bonchev–Trinajstić information content (AvgIpc) is 2.51. The fourth-order valence-corrected chi connectivity index (χ4v) is 2.95. The van der Waals surface area contributed by atoms with Crippen LogP contribution in [0.15, 0.2) is 33.4 Å². The summed E-state index contributed by atoms with van der Waals surface area (Å²) >= 11 is 6.09. The van der Waals surface area contributed by atoms with Gasteiger partial charge in [0, 0.05) is 24.4 Å². The SMILES string of the molecule is C=NC1=CC(Cl)CC=C1C(CC)=NCCCNS(=O)(=O)CC. The molecule has 0 aliphatic heterocycles. The van der Waals surface area contributed by atoms with Gasteiger partial charge in [-0.05, 0) is 39.0 Å². The largest absolute Gasteiger partial charge is 0.289 e. The van der Waals surface area contributed by atoms with E-state index in [1.807, 2.05) is 19.1 Å². The third-order valence-electron chi connectivity index (χ3n) is 3.32. The lowest BCUT2D eigenvalue weighted by atomic mass is 9.97. The Bertz CT molecular complexity index is 580. The van der Waals surface area contributed by atoms with Gasteiger partial charge in [-0.3, -0.25) is 9.98 Å². The minimum Gasteiger partial charge on any atom is -0.289 e. The molecule has 0 amide bonds. The summed E-state index contributed by atoms with van der Waals surface area (Å²) in [6, 6.07) is 0. The van der Waals surface area contributed by atoms with Gasteiger partial charge in [0.05, 0.1) is 16.8 Å². The standard InChI is InChI=1S/C15H24ClN3O2S/c1-4-14(13-8-7-12(16)11-15(13)17-3)18-9-6-10-19-22(20,21)5-2/h8,11-12,19H,3-7,9-10H2,1-2H3. The number of rotatable bonds is 9. The summed E-state index contributed by atoms with van der Waals surface area (Å²) in [5.41, 5.74) is 2.72. The van der Waals surface area contributed by atoms with E-state index in [4.69, 9.17) is 11.6 Å². The van der Waals surface area contributed by atoms with E-state index in [-0.39, 0.29) is 11.1 Å². The fourth-order valence-electron chi connectivity index (χ4n) is 2.08. The highest BCUT2D eigenvalue weighted by Gasteiger charge is 2.16. The van der Waals surface area contributed by atoms with E-state index in [2.05, 4.69) is 21.4 Å². The quantitative estimate of drug-likeness (QED) is 0.396. The minimum atomic E-state index is -3.12. The smallest absolute Gasteiger partial charge is 0.211 e. The minimum absolute atomic E-state index is 0.0502. The maximum Gasteiger partial charge on any atom is 0.211 e. The van der Waals surface area contributed by atoms with Crippen molar-refractivity contribution in [1.29, 1.82) is 0 Å². The molecule has 5 nitrogen and oxygen atoms in total. The zero-order valence-electron chi connectivity index (χ0n) is 13.2. The highest BCUT2D eigenvalue weighted by atomic mass is 35.5. The van der Waals surface area contributed by atoms with Gasteiger partial charge in [0.2, 0.25) is 10.0 Å². The number of sulfonamides is 1. The van der Waals surface area contributed by atoms with Gasteiger partial charge in [-0.25, -0.2) is 13.1 Å². The van der Waals surface area contributed by atoms with Crippen LogP contribution in [-0.4, -0.2) is 45.1 Å². The molecule has 1 atom stereocenters. The number of nitrogens with zero attached hydrogens (tertiary/aromatic N) is 2. The Labute approximate surface area is 138 Å². The van der Waals surface area contributed by atoms with E-state index < -0.39 is 10.0 Å². The van der Waals surface area contributed by atoms with Crippen molar-refractivity contribution in [1.82, 2.24) is 4.72 Å². The highest BCUT2D eigenvalue weighted by molar-refractivity contribution is 7.89. The van der Waals surface area contributed by atoms with Gasteiger partial charge in [0.15, 0.2) is 0 Å². The molecule has 0 aromatic heterocycles. The van der Waals surface area contributed by atoms with Crippen LogP contribution in [0.2, 0.25) is 0 Å². The summed E-state index contributed by atoms with van der Waals surface area (Å²) in [6.07, 6.45) is 6.14. The topological polar surface area (TPSA) is 70.9 Å². The van der Waals surface area contributed by atoms with Crippen LogP contribution in [0.5, 0.6) is 0 Å². The lowest BCUT2D eigenvalue weighted by molar-refractivity contribution is 0.581. The van der Waals surface area contributed by atoms with E-state index in [1.54, 1.807) is 6.92 Å². The second-order valence-corrected chi connectivity index (χ2v) is 7.57. The van der Waals surface area contributed by atoms with E-state index in [0.717, 1.165) is 29.8 Å². The molecule has 1 unspecified atom stereocenters. The first-order valence-electron chi connectivity index (χ1n) is 7.47. The van der Waals surface area contributed by atoms with Gasteiger partial charge in [-0.2, -0.15) is 0 Å². The lowest BCUT2D eigenvalue weighted by Crippen LogP contribution is -2.26. The third-order valence-corrected chi connectivity index (χ3v) is 5.03. The first-order valence-corrected chi connectivity index (χ1v) is 9.56. The number of nitrogens with one attached hydrogen (secondary N) is 1. The number of aliphatic imine (C=N–C) groups is 2. The van der Waals surface area contributed by atoms with Gasteiger partial charge in [0.25, 0.3) is 0 Å². The molecule has 0 saturated carbocycles. The van der Waals surface area contributed by atoms with Crippen molar-refractivity contribution in [2.24, 2.45) is 9.98 Å². The molecule has 0 aromatic rings. The van der Waals surface area contributed by atoms with E-state index >= 15 is 0 Å². The third kappa shape index (κ3) is 6.02. The summed E-state index contributed by atoms with van der Waals surface area (Å²) < 4.78 is 25.2. The van der Waals surface area contributed by atoms with Crippen LogP contribution >= 0.6 is 11.6 Å². The Hall–Kier alpha value is -0.980. The molecule has 0 radical (unpaired) electrons. The van der Waals surface area contributed by atoms with E-state index in [9.17, 15) is 8.42 Å². The molecule has 1 aliphatic carbocycles. The Balaban J connectivity index is 2.61. The molecule has 22 heavy (non-hydrogen) atoms. The first-order chi connectivity index (χ1) is 10.4. The first kappa shape index (κ1) is 19.1. The Morgan fingerprint density at radius 1 is 1.50 bits per heavy atom. The molecular weight excluding hydrogens is 322 g/mol. The normalized spacial score (nSPS) is 19.6. The summed E-state index contributed by atoms with van der Waals surface area (Å²) in [5.74, 6) is 0.0993. The van der Waals surface area contributed by atoms with Crippen LogP contribution in [0, 0.1) is 0 Å². The van der Waals surface area contributed by atoms with Crippen molar-refractivity contribution in [3.05, 3.63) is 23.4 Å². The molecule has 124 valence electrons. The van der Waals surface area contributed by atoms with Gasteiger partial charge >= 0.3 is 0 Å². The zero-order valence-corrected chi connectivity index (χ0v) is 14.8. The van der Waals surface area contributed by atoms with Crippen molar-refractivity contribution in [2.75, 3.05) is 18.8 Å². The molecular formula is C15H24ClN3O2S. The highest BCUT2D eigenvalue weighted by Crippen LogP contribution is 2.25. The van der Waals surface area contributed by atoms with Crippen LogP contribution in [-0.2, 0) is 10.0 Å². The molecule has 0 heterocycles. The molecule has 0 spiro atoms. The maximum absolute atomic E-state index is 11.3. The molecule has 7 heteroatoms. The van der Waals surface area contributed by atoms with E-state index in [0.29, 0.717) is 19.5 Å². The maximum atomic E-state index is 11.3. The van der Waals surface area contributed by atoms with Crippen molar-refractivity contribution in [3.8, 4) is 0 Å². The van der Waals surface area contributed by atoms with Crippen LogP contribution in [0.1, 0.15) is 33.1 Å². The number of hydrogen-bond acceptors (Lipinski definition) is 4. The zero-order chi connectivity index (χ0) is 16.6. The number of alkyl halides is 1. The predicted molar refractivity (Wildman–Crippen MR) is 94.6 cm³/mol. The van der Waals surface area contributed by atoms with Crippen LogP contribution in [0.4, 0.5) is 0 Å². The van der Waals surface area contributed by atoms with Gasteiger partial charge in [0.1, 0.15) is 0 Å². The molecule has 0 saturated heterocycles. The second-order valence-electron chi connectivity index (χ2n) is 4.91.